The molecular weight excluding hydrogens is 200 g/mol. The topological polar surface area (TPSA) is 48.1 Å². The van der Waals surface area contributed by atoms with Crippen molar-refractivity contribution >= 4 is 0 Å². The summed E-state index contributed by atoms with van der Waals surface area (Å²) in [5.74, 6) is 0. The molecule has 0 radical (unpaired) electrons. The van der Waals surface area contributed by atoms with Crippen LogP contribution in [0.25, 0.3) is 0 Å². The molecule has 0 amide bonds. The molecule has 0 aliphatic heterocycles. The van der Waals surface area contributed by atoms with Gasteiger partial charge in [0.25, 0.3) is 0 Å². The molecule has 0 spiro atoms. The number of ether oxygens (including phenoxy) is 1. The average molecular weight is 222 g/mol. The van der Waals surface area contributed by atoms with Crippen molar-refractivity contribution in [2.45, 2.75) is 51.9 Å². The van der Waals surface area contributed by atoms with Crippen molar-refractivity contribution in [3.05, 3.63) is 30.1 Å². The van der Waals surface area contributed by atoms with Gasteiger partial charge in [-0.2, -0.15) is 0 Å². The number of hydrogen-bond donors (Lipinski definition) is 1. The summed E-state index contributed by atoms with van der Waals surface area (Å²) in [4.78, 5) is 4.12. The van der Waals surface area contributed by atoms with E-state index in [0.717, 1.165) is 18.4 Å². The van der Waals surface area contributed by atoms with Crippen molar-refractivity contribution in [3.63, 3.8) is 0 Å². The molecule has 1 heterocycles. The fraction of sp³-hybridized carbons (Fsp3) is 0.615. The minimum absolute atomic E-state index is 0.0261. The average Bonchev–Trinajstić information content (AvgIpc) is 2.35. The van der Waals surface area contributed by atoms with E-state index < -0.39 is 0 Å². The maximum Gasteiger partial charge on any atom is 0.0994 e. The highest BCUT2D eigenvalue weighted by molar-refractivity contribution is 5.14. The van der Waals surface area contributed by atoms with Gasteiger partial charge in [0.1, 0.15) is 0 Å². The lowest BCUT2D eigenvalue weighted by molar-refractivity contribution is -0.0199. The number of nitrogens with two attached hydrogens (primary N) is 1. The van der Waals surface area contributed by atoms with Crippen LogP contribution < -0.4 is 5.73 Å². The molecule has 0 aliphatic carbocycles. The SMILES string of the molecule is CCC(C)OC(c1cccnc1)C(N)CC. The standard InChI is InChI=1S/C13H22N2O/c1-4-10(3)16-13(12(14)5-2)11-7-6-8-15-9-11/h6-10,12-13H,4-5,14H2,1-3H3. The van der Waals surface area contributed by atoms with Crippen molar-refractivity contribution < 1.29 is 4.74 Å². The summed E-state index contributed by atoms with van der Waals surface area (Å²) in [6.07, 6.45) is 5.67. The molecule has 1 aromatic rings. The quantitative estimate of drug-likeness (QED) is 0.805. The van der Waals surface area contributed by atoms with Crippen molar-refractivity contribution in [1.82, 2.24) is 4.98 Å². The third-order valence-corrected chi connectivity index (χ3v) is 2.83. The molecule has 0 bridgehead atoms. The zero-order chi connectivity index (χ0) is 12.0. The molecule has 0 saturated carbocycles. The summed E-state index contributed by atoms with van der Waals surface area (Å²) in [6, 6.07) is 3.97. The number of hydrogen-bond acceptors (Lipinski definition) is 3. The van der Waals surface area contributed by atoms with Gasteiger partial charge in [-0.25, -0.2) is 0 Å². The first-order valence-electron chi connectivity index (χ1n) is 6.00. The zero-order valence-electron chi connectivity index (χ0n) is 10.4. The van der Waals surface area contributed by atoms with Crippen LogP contribution in [0.4, 0.5) is 0 Å². The third-order valence-electron chi connectivity index (χ3n) is 2.83. The van der Waals surface area contributed by atoms with E-state index in [4.69, 9.17) is 10.5 Å². The van der Waals surface area contributed by atoms with E-state index in [1.165, 1.54) is 0 Å². The predicted molar refractivity (Wildman–Crippen MR) is 66.1 cm³/mol. The van der Waals surface area contributed by atoms with E-state index in [2.05, 4.69) is 25.8 Å². The van der Waals surface area contributed by atoms with Gasteiger partial charge in [0.15, 0.2) is 0 Å². The Kier molecular flexibility index (Phi) is 5.43. The Balaban J connectivity index is 2.79. The largest absolute Gasteiger partial charge is 0.369 e. The second-order valence-corrected chi connectivity index (χ2v) is 4.13. The lowest BCUT2D eigenvalue weighted by Gasteiger charge is -2.26. The second-order valence-electron chi connectivity index (χ2n) is 4.13. The van der Waals surface area contributed by atoms with Gasteiger partial charge in [0.2, 0.25) is 0 Å². The molecule has 1 aromatic heterocycles. The summed E-state index contributed by atoms with van der Waals surface area (Å²) in [6.45, 7) is 6.27. The number of nitrogens with zero attached hydrogens (tertiary/aromatic N) is 1. The maximum atomic E-state index is 6.10. The third kappa shape index (κ3) is 3.58. The van der Waals surface area contributed by atoms with Gasteiger partial charge in [-0.15, -0.1) is 0 Å². The molecular formula is C13H22N2O. The van der Waals surface area contributed by atoms with Gasteiger partial charge >= 0.3 is 0 Å². The molecule has 0 aliphatic rings. The van der Waals surface area contributed by atoms with Gasteiger partial charge in [0, 0.05) is 24.0 Å². The second kappa shape index (κ2) is 6.61. The van der Waals surface area contributed by atoms with Crippen molar-refractivity contribution in [2.75, 3.05) is 0 Å². The van der Waals surface area contributed by atoms with E-state index in [9.17, 15) is 0 Å². The highest BCUT2D eigenvalue weighted by Crippen LogP contribution is 2.23. The predicted octanol–water partition coefficient (Wildman–Crippen LogP) is 2.68. The molecule has 0 aromatic carbocycles. The normalized spacial score (nSPS) is 16.8. The molecule has 3 heteroatoms. The van der Waals surface area contributed by atoms with E-state index in [0.29, 0.717) is 0 Å². The molecule has 1 rings (SSSR count). The number of aromatic nitrogens is 1. The van der Waals surface area contributed by atoms with Crippen molar-refractivity contribution in [3.8, 4) is 0 Å². The Morgan fingerprint density at radius 2 is 2.12 bits per heavy atom. The van der Waals surface area contributed by atoms with Crippen molar-refractivity contribution in [1.29, 1.82) is 0 Å². The van der Waals surface area contributed by atoms with Crippen LogP contribution in [0.2, 0.25) is 0 Å². The van der Waals surface area contributed by atoms with Gasteiger partial charge in [-0.1, -0.05) is 19.9 Å². The van der Waals surface area contributed by atoms with Gasteiger partial charge in [-0.05, 0) is 25.8 Å². The molecule has 3 unspecified atom stereocenters. The highest BCUT2D eigenvalue weighted by Gasteiger charge is 2.21. The van der Waals surface area contributed by atoms with Crippen LogP contribution in [-0.2, 0) is 4.74 Å². The van der Waals surface area contributed by atoms with Crippen LogP contribution in [0, 0.1) is 0 Å². The molecule has 3 nitrogen and oxygen atoms in total. The Hall–Kier alpha value is -0.930. The van der Waals surface area contributed by atoms with Crippen LogP contribution in [0.15, 0.2) is 24.5 Å². The monoisotopic (exact) mass is 222 g/mol. The van der Waals surface area contributed by atoms with Gasteiger partial charge in [-0.3, -0.25) is 4.98 Å². The lowest BCUT2D eigenvalue weighted by Crippen LogP contribution is -2.31. The fourth-order valence-corrected chi connectivity index (χ4v) is 1.53. The van der Waals surface area contributed by atoms with Crippen molar-refractivity contribution in [2.24, 2.45) is 5.73 Å². The smallest absolute Gasteiger partial charge is 0.0994 e. The molecule has 2 N–H and O–H groups in total. The molecule has 3 atom stereocenters. The lowest BCUT2D eigenvalue weighted by atomic mass is 10.0. The molecule has 90 valence electrons. The summed E-state index contributed by atoms with van der Waals surface area (Å²) in [7, 11) is 0. The first kappa shape index (κ1) is 13.1. The summed E-state index contributed by atoms with van der Waals surface area (Å²) in [5, 5.41) is 0. The molecule has 16 heavy (non-hydrogen) atoms. The fourth-order valence-electron chi connectivity index (χ4n) is 1.53. The summed E-state index contributed by atoms with van der Waals surface area (Å²) < 4.78 is 5.97. The van der Waals surface area contributed by atoms with E-state index in [1.54, 1.807) is 6.20 Å². The minimum atomic E-state index is -0.0475. The summed E-state index contributed by atoms with van der Waals surface area (Å²) in [5.41, 5.74) is 7.17. The zero-order valence-corrected chi connectivity index (χ0v) is 10.4. The van der Waals surface area contributed by atoms with E-state index >= 15 is 0 Å². The van der Waals surface area contributed by atoms with Gasteiger partial charge < -0.3 is 10.5 Å². The first-order valence-corrected chi connectivity index (χ1v) is 6.00. The van der Waals surface area contributed by atoms with Gasteiger partial charge in [0.05, 0.1) is 12.2 Å². The highest BCUT2D eigenvalue weighted by atomic mass is 16.5. The minimum Gasteiger partial charge on any atom is -0.369 e. The van der Waals surface area contributed by atoms with Crippen LogP contribution in [0.5, 0.6) is 0 Å². The van der Waals surface area contributed by atoms with Crippen LogP contribution in [0.1, 0.15) is 45.3 Å². The summed E-state index contributed by atoms with van der Waals surface area (Å²) >= 11 is 0. The Morgan fingerprint density at radius 1 is 1.38 bits per heavy atom. The van der Waals surface area contributed by atoms with Crippen LogP contribution in [-0.4, -0.2) is 17.1 Å². The number of rotatable bonds is 6. The molecule has 0 fully saturated rings. The van der Waals surface area contributed by atoms with Crippen LogP contribution >= 0.6 is 0 Å². The van der Waals surface area contributed by atoms with Crippen LogP contribution in [0.3, 0.4) is 0 Å². The Morgan fingerprint density at radius 3 is 2.62 bits per heavy atom. The Bertz CT molecular complexity index is 289. The maximum absolute atomic E-state index is 6.10. The molecule has 0 saturated heterocycles. The van der Waals surface area contributed by atoms with E-state index in [-0.39, 0.29) is 18.2 Å². The Labute approximate surface area is 98.0 Å². The van der Waals surface area contributed by atoms with E-state index in [1.807, 2.05) is 18.3 Å². The number of pyridine rings is 1. The first-order chi connectivity index (χ1) is 7.69.